The summed E-state index contributed by atoms with van der Waals surface area (Å²) in [6.45, 7) is 7.28. The van der Waals surface area contributed by atoms with E-state index in [-0.39, 0.29) is 35.2 Å². The summed E-state index contributed by atoms with van der Waals surface area (Å²) in [6.07, 6.45) is -0.398. The van der Waals surface area contributed by atoms with Gasteiger partial charge in [-0.15, -0.1) is 10.2 Å². The Bertz CT molecular complexity index is 1150. The van der Waals surface area contributed by atoms with Crippen molar-refractivity contribution in [1.29, 1.82) is 0 Å². The van der Waals surface area contributed by atoms with E-state index in [1.807, 2.05) is 18.4 Å². The molecular formula is C22H24F2N4O3. The lowest BCUT2D eigenvalue weighted by Crippen LogP contribution is -2.31. The van der Waals surface area contributed by atoms with Gasteiger partial charge in [0.05, 0.1) is 6.54 Å². The fourth-order valence-electron chi connectivity index (χ4n) is 3.37. The van der Waals surface area contributed by atoms with Crippen molar-refractivity contribution >= 4 is 5.91 Å². The second-order valence-corrected chi connectivity index (χ2v) is 7.32. The van der Waals surface area contributed by atoms with Crippen LogP contribution in [0.2, 0.25) is 0 Å². The number of rotatable bonds is 7. The average Bonchev–Trinajstić information content (AvgIpc) is 3.17. The molecule has 2 heterocycles. The molecule has 1 unspecified atom stereocenters. The van der Waals surface area contributed by atoms with Gasteiger partial charge in [-0.3, -0.25) is 9.59 Å². The van der Waals surface area contributed by atoms with Gasteiger partial charge in [0.15, 0.2) is 0 Å². The van der Waals surface area contributed by atoms with Gasteiger partial charge in [0.1, 0.15) is 5.56 Å². The Balaban J connectivity index is 2.09. The molecule has 0 saturated heterocycles. The van der Waals surface area contributed by atoms with Crippen molar-refractivity contribution in [3.8, 4) is 11.1 Å². The van der Waals surface area contributed by atoms with Crippen LogP contribution in [0.5, 0.6) is 0 Å². The van der Waals surface area contributed by atoms with E-state index in [0.29, 0.717) is 17.1 Å². The maximum absolute atomic E-state index is 13.3. The highest BCUT2D eigenvalue weighted by molar-refractivity contribution is 5.95. The molecule has 1 atom stereocenters. The maximum Gasteiger partial charge on any atom is 0.263 e. The van der Waals surface area contributed by atoms with E-state index in [1.165, 1.54) is 24.4 Å². The number of pyridine rings is 1. The highest BCUT2D eigenvalue weighted by atomic mass is 19.3. The van der Waals surface area contributed by atoms with Crippen LogP contribution in [0.15, 0.2) is 39.7 Å². The Morgan fingerprint density at radius 2 is 2.00 bits per heavy atom. The lowest BCUT2D eigenvalue weighted by molar-refractivity contribution is 0.0945. The van der Waals surface area contributed by atoms with Crippen LogP contribution in [-0.4, -0.2) is 20.7 Å². The molecule has 0 fully saturated rings. The molecule has 3 aromatic rings. The smallest absolute Gasteiger partial charge is 0.263 e. The van der Waals surface area contributed by atoms with Crippen LogP contribution >= 0.6 is 0 Å². The number of amides is 1. The van der Waals surface area contributed by atoms with Crippen LogP contribution in [0.25, 0.3) is 11.1 Å². The predicted molar refractivity (Wildman–Crippen MR) is 111 cm³/mol. The Hall–Kier alpha value is -3.36. The van der Waals surface area contributed by atoms with Gasteiger partial charge in [-0.2, -0.15) is 0 Å². The van der Waals surface area contributed by atoms with Gasteiger partial charge in [-0.25, -0.2) is 8.78 Å². The topological polar surface area (TPSA) is 90.0 Å². The first-order valence-electron chi connectivity index (χ1n) is 9.94. The van der Waals surface area contributed by atoms with Gasteiger partial charge in [0, 0.05) is 36.0 Å². The van der Waals surface area contributed by atoms with Gasteiger partial charge in [0.25, 0.3) is 12.3 Å². The number of carbonyl (C=O) groups is 1. The molecule has 2 aromatic heterocycles. The van der Waals surface area contributed by atoms with E-state index < -0.39 is 17.8 Å². The normalized spacial score (nSPS) is 12.2. The molecule has 0 bridgehead atoms. The Labute approximate surface area is 178 Å². The summed E-state index contributed by atoms with van der Waals surface area (Å²) in [5, 5.41) is 10.1. The largest absolute Gasteiger partial charge is 0.424 e. The molecule has 0 saturated carbocycles. The monoisotopic (exact) mass is 430 g/mol. The van der Waals surface area contributed by atoms with Crippen LogP contribution < -0.4 is 10.7 Å². The summed E-state index contributed by atoms with van der Waals surface area (Å²) in [7, 11) is 0. The molecule has 1 N–H and O–H groups in total. The predicted octanol–water partition coefficient (Wildman–Crippen LogP) is 4.35. The fraction of sp³-hybridized carbons (Fsp3) is 0.364. The lowest BCUT2D eigenvalue weighted by atomic mass is 9.98. The number of halogens is 2. The van der Waals surface area contributed by atoms with E-state index in [9.17, 15) is 18.4 Å². The van der Waals surface area contributed by atoms with Crippen molar-refractivity contribution in [2.24, 2.45) is 0 Å². The molecule has 7 nitrogen and oxygen atoms in total. The molecule has 0 spiro atoms. The molecule has 1 amide bonds. The van der Waals surface area contributed by atoms with Gasteiger partial charge in [-0.1, -0.05) is 25.1 Å². The summed E-state index contributed by atoms with van der Waals surface area (Å²) in [6, 6.07) is 5.66. The minimum Gasteiger partial charge on any atom is -0.424 e. The van der Waals surface area contributed by atoms with Crippen molar-refractivity contribution < 1.29 is 18.0 Å². The zero-order valence-electron chi connectivity index (χ0n) is 17.8. The Morgan fingerprint density at radius 1 is 1.26 bits per heavy atom. The van der Waals surface area contributed by atoms with Crippen molar-refractivity contribution in [2.45, 2.75) is 53.1 Å². The number of aromatic nitrogens is 3. The summed E-state index contributed by atoms with van der Waals surface area (Å²) >= 11 is 0. The summed E-state index contributed by atoms with van der Waals surface area (Å²) in [5.41, 5.74) is 0.383. The van der Waals surface area contributed by atoms with Crippen LogP contribution in [-0.2, 0) is 6.54 Å². The van der Waals surface area contributed by atoms with E-state index in [0.717, 1.165) is 6.42 Å². The van der Waals surface area contributed by atoms with Gasteiger partial charge in [-0.05, 0) is 31.9 Å². The first kappa shape index (κ1) is 22.3. The van der Waals surface area contributed by atoms with Gasteiger partial charge < -0.3 is 14.3 Å². The first-order valence-corrected chi connectivity index (χ1v) is 9.94. The SMILES string of the molecule is CCC(C)n1cc(C(=O)NCc2nnc(C)o2)c(=O)c(-c2cccc(C(F)F)c2)c1C. The summed E-state index contributed by atoms with van der Waals surface area (Å²) in [4.78, 5) is 26.1. The third-order valence-electron chi connectivity index (χ3n) is 5.19. The standard InChI is InChI=1S/C22H24F2N4O3/c1-5-12(2)28-11-17(22(30)25-10-18-27-26-14(4)31-18)20(29)19(13(28)3)15-7-6-8-16(9-15)21(23)24/h6-9,11-12,21H,5,10H2,1-4H3,(H,25,30). The number of aryl methyl sites for hydroxylation is 1. The highest BCUT2D eigenvalue weighted by Crippen LogP contribution is 2.28. The molecule has 0 aliphatic rings. The summed E-state index contributed by atoms with van der Waals surface area (Å²) < 4.78 is 33.5. The quantitative estimate of drug-likeness (QED) is 0.602. The van der Waals surface area contributed by atoms with E-state index in [4.69, 9.17) is 4.42 Å². The van der Waals surface area contributed by atoms with Crippen LogP contribution in [0.4, 0.5) is 8.78 Å². The number of nitrogens with one attached hydrogen (secondary N) is 1. The second kappa shape index (κ2) is 9.20. The molecule has 3 rings (SSSR count). The van der Waals surface area contributed by atoms with Crippen molar-refractivity contribution in [1.82, 2.24) is 20.1 Å². The maximum atomic E-state index is 13.3. The fourth-order valence-corrected chi connectivity index (χ4v) is 3.37. The van der Waals surface area contributed by atoms with Crippen LogP contribution in [0.1, 0.15) is 66.1 Å². The molecule has 31 heavy (non-hydrogen) atoms. The van der Waals surface area contributed by atoms with Crippen LogP contribution in [0, 0.1) is 13.8 Å². The Morgan fingerprint density at radius 3 is 2.61 bits per heavy atom. The minimum atomic E-state index is -2.67. The van der Waals surface area contributed by atoms with Crippen LogP contribution in [0.3, 0.4) is 0 Å². The third kappa shape index (κ3) is 4.70. The molecule has 1 aromatic carbocycles. The Kier molecular flexibility index (Phi) is 6.62. The molecule has 0 aliphatic heterocycles. The number of hydrogen-bond donors (Lipinski definition) is 1. The average molecular weight is 430 g/mol. The number of benzene rings is 1. The third-order valence-corrected chi connectivity index (χ3v) is 5.19. The van der Waals surface area contributed by atoms with E-state index in [1.54, 1.807) is 19.9 Å². The van der Waals surface area contributed by atoms with E-state index >= 15 is 0 Å². The van der Waals surface area contributed by atoms with Gasteiger partial charge >= 0.3 is 0 Å². The molecule has 9 heteroatoms. The van der Waals surface area contributed by atoms with E-state index in [2.05, 4.69) is 15.5 Å². The molecule has 0 radical (unpaired) electrons. The minimum absolute atomic E-state index is 0.0113. The molecule has 164 valence electrons. The second-order valence-electron chi connectivity index (χ2n) is 7.32. The van der Waals surface area contributed by atoms with Crippen molar-refractivity contribution in [3.63, 3.8) is 0 Å². The number of alkyl halides is 2. The van der Waals surface area contributed by atoms with Gasteiger partial charge in [0.2, 0.25) is 17.2 Å². The van der Waals surface area contributed by atoms with Crippen molar-refractivity contribution in [3.05, 3.63) is 69.3 Å². The zero-order valence-corrected chi connectivity index (χ0v) is 17.8. The zero-order chi connectivity index (χ0) is 22.7. The van der Waals surface area contributed by atoms with Crippen molar-refractivity contribution in [2.75, 3.05) is 0 Å². The molecule has 0 aliphatic carbocycles. The highest BCUT2D eigenvalue weighted by Gasteiger charge is 2.22. The number of carbonyl (C=O) groups excluding carboxylic acids is 1. The summed E-state index contributed by atoms with van der Waals surface area (Å²) in [5.74, 6) is -0.0332. The molecular weight excluding hydrogens is 406 g/mol. The number of nitrogens with zero attached hydrogens (tertiary/aromatic N) is 3. The first-order chi connectivity index (χ1) is 14.7. The number of hydrogen-bond acceptors (Lipinski definition) is 5. The lowest BCUT2D eigenvalue weighted by Gasteiger charge is -2.22.